The number of carbonyl (C=O) groups excluding carboxylic acids is 1. The predicted molar refractivity (Wildman–Crippen MR) is 110 cm³/mol. The van der Waals surface area contributed by atoms with Crippen LogP contribution in [0.3, 0.4) is 0 Å². The van der Waals surface area contributed by atoms with Crippen molar-refractivity contribution in [2.24, 2.45) is 4.99 Å². The highest BCUT2D eigenvalue weighted by molar-refractivity contribution is 5.86. The van der Waals surface area contributed by atoms with E-state index in [0.717, 1.165) is 22.5 Å². The van der Waals surface area contributed by atoms with Gasteiger partial charge in [0, 0.05) is 25.6 Å². The highest BCUT2D eigenvalue weighted by atomic mass is 16.5. The number of para-hydroxylation sites is 1. The quantitative estimate of drug-likeness (QED) is 0.327. The van der Waals surface area contributed by atoms with Crippen molar-refractivity contribution >= 4 is 22.8 Å². The van der Waals surface area contributed by atoms with Gasteiger partial charge in [-0.25, -0.2) is 4.99 Å². The summed E-state index contributed by atoms with van der Waals surface area (Å²) in [6, 6.07) is 7.66. The first-order chi connectivity index (χ1) is 13.6. The Kier molecular flexibility index (Phi) is 8.61. The van der Waals surface area contributed by atoms with Gasteiger partial charge in [-0.2, -0.15) is 0 Å². The molecule has 8 heteroatoms. The van der Waals surface area contributed by atoms with E-state index in [-0.39, 0.29) is 18.5 Å². The molecule has 1 aromatic heterocycles. The van der Waals surface area contributed by atoms with Gasteiger partial charge in [-0.05, 0) is 32.9 Å². The molecule has 0 aliphatic rings. The number of rotatable bonds is 10. The van der Waals surface area contributed by atoms with Crippen molar-refractivity contribution in [2.45, 2.75) is 26.8 Å². The second kappa shape index (κ2) is 11.2. The lowest BCUT2D eigenvalue weighted by Crippen LogP contribution is -2.39. The van der Waals surface area contributed by atoms with Gasteiger partial charge < -0.3 is 29.8 Å². The van der Waals surface area contributed by atoms with Crippen molar-refractivity contribution in [1.29, 1.82) is 0 Å². The molecule has 1 atom stereocenters. The number of methoxy groups -OCH3 is 1. The Balaban J connectivity index is 2.06. The smallest absolute Gasteiger partial charge is 0.241 e. The van der Waals surface area contributed by atoms with Gasteiger partial charge in [-0.3, -0.25) is 4.79 Å². The van der Waals surface area contributed by atoms with Crippen LogP contribution in [0.2, 0.25) is 0 Å². The lowest BCUT2D eigenvalue weighted by atomic mass is 10.2. The van der Waals surface area contributed by atoms with Gasteiger partial charge in [0.15, 0.2) is 17.3 Å². The fourth-order valence-electron chi connectivity index (χ4n) is 2.63. The van der Waals surface area contributed by atoms with Crippen LogP contribution in [0.15, 0.2) is 33.7 Å². The number of hydrogen-bond donors (Lipinski definition) is 3. The maximum Gasteiger partial charge on any atom is 0.241 e. The number of benzene rings is 1. The molecule has 28 heavy (non-hydrogen) atoms. The summed E-state index contributed by atoms with van der Waals surface area (Å²) in [5.41, 5.74) is 0.729. The fraction of sp³-hybridized carbons (Fsp3) is 0.500. The number of aliphatic imine (C=N–C) groups is 1. The van der Waals surface area contributed by atoms with Gasteiger partial charge in [0.25, 0.3) is 0 Å². The lowest BCUT2D eigenvalue weighted by Gasteiger charge is -2.16. The van der Waals surface area contributed by atoms with Gasteiger partial charge in [-0.15, -0.1) is 0 Å². The van der Waals surface area contributed by atoms with Crippen LogP contribution in [0, 0.1) is 0 Å². The highest BCUT2D eigenvalue weighted by Crippen LogP contribution is 2.31. The van der Waals surface area contributed by atoms with E-state index in [1.165, 1.54) is 0 Å². The molecule has 154 valence electrons. The van der Waals surface area contributed by atoms with E-state index < -0.39 is 0 Å². The molecule has 1 amide bonds. The fourth-order valence-corrected chi connectivity index (χ4v) is 2.63. The number of nitrogens with one attached hydrogen (secondary N) is 3. The standard InChI is InChI=1S/C20H30N4O4/c1-5-21-20(23-13-18(25)22-10-11-26-4)24-14(3)17-12-15-8-7-9-16(27-6-2)19(15)28-17/h7-9,12,14H,5-6,10-11,13H2,1-4H3,(H,22,25)(H2,21,23,24). The largest absolute Gasteiger partial charge is 0.490 e. The Labute approximate surface area is 165 Å². The van der Waals surface area contributed by atoms with Crippen molar-refractivity contribution in [3.8, 4) is 5.75 Å². The molecule has 0 aliphatic heterocycles. The van der Waals surface area contributed by atoms with Crippen molar-refractivity contribution in [1.82, 2.24) is 16.0 Å². The third-order valence-corrected chi connectivity index (χ3v) is 3.96. The van der Waals surface area contributed by atoms with Crippen LogP contribution in [0.1, 0.15) is 32.6 Å². The first kappa shape index (κ1) is 21.6. The maximum absolute atomic E-state index is 11.8. The van der Waals surface area contributed by atoms with Gasteiger partial charge >= 0.3 is 0 Å². The lowest BCUT2D eigenvalue weighted by molar-refractivity contribution is -0.119. The summed E-state index contributed by atoms with van der Waals surface area (Å²) >= 11 is 0. The first-order valence-electron chi connectivity index (χ1n) is 9.54. The van der Waals surface area contributed by atoms with Crippen molar-refractivity contribution in [3.63, 3.8) is 0 Å². The number of ether oxygens (including phenoxy) is 2. The van der Waals surface area contributed by atoms with Crippen LogP contribution in [0.25, 0.3) is 11.0 Å². The van der Waals surface area contributed by atoms with Crippen molar-refractivity contribution in [2.75, 3.05) is 40.0 Å². The summed E-state index contributed by atoms with van der Waals surface area (Å²) in [4.78, 5) is 16.2. The summed E-state index contributed by atoms with van der Waals surface area (Å²) in [6.45, 7) is 8.11. The minimum atomic E-state index is -0.160. The van der Waals surface area contributed by atoms with Crippen LogP contribution < -0.4 is 20.7 Å². The molecule has 0 aliphatic carbocycles. The molecule has 0 radical (unpaired) electrons. The molecule has 0 spiro atoms. The average molecular weight is 390 g/mol. The molecule has 0 saturated heterocycles. The van der Waals surface area contributed by atoms with Crippen molar-refractivity contribution in [3.05, 3.63) is 30.0 Å². The molecule has 1 heterocycles. The maximum atomic E-state index is 11.8. The number of fused-ring (bicyclic) bond motifs is 1. The van der Waals surface area contributed by atoms with Gasteiger partial charge in [0.1, 0.15) is 12.3 Å². The Hall–Kier alpha value is -2.74. The van der Waals surface area contributed by atoms with E-state index >= 15 is 0 Å². The Morgan fingerprint density at radius 2 is 2.11 bits per heavy atom. The first-order valence-corrected chi connectivity index (χ1v) is 9.54. The van der Waals surface area contributed by atoms with E-state index in [0.29, 0.717) is 32.3 Å². The zero-order valence-electron chi connectivity index (χ0n) is 17.0. The van der Waals surface area contributed by atoms with E-state index in [1.54, 1.807) is 7.11 Å². The summed E-state index contributed by atoms with van der Waals surface area (Å²) in [6.07, 6.45) is 0. The minimum Gasteiger partial charge on any atom is -0.490 e. The normalized spacial score (nSPS) is 12.6. The summed E-state index contributed by atoms with van der Waals surface area (Å²) in [7, 11) is 1.59. The minimum absolute atomic E-state index is 0.0282. The molecule has 8 nitrogen and oxygen atoms in total. The molecule has 1 aromatic carbocycles. The van der Waals surface area contributed by atoms with Gasteiger partial charge in [0.05, 0.1) is 19.3 Å². The number of amides is 1. The number of hydrogen-bond acceptors (Lipinski definition) is 5. The number of furan rings is 1. The van der Waals surface area contributed by atoms with Crippen LogP contribution >= 0.6 is 0 Å². The molecule has 0 bridgehead atoms. The Morgan fingerprint density at radius 1 is 1.29 bits per heavy atom. The summed E-state index contributed by atoms with van der Waals surface area (Å²) in [5, 5.41) is 10.1. The molecular weight excluding hydrogens is 360 g/mol. The molecule has 2 aromatic rings. The average Bonchev–Trinajstić information content (AvgIpc) is 3.12. The summed E-state index contributed by atoms with van der Waals surface area (Å²) in [5.74, 6) is 1.87. The van der Waals surface area contributed by atoms with Gasteiger partial charge in [0.2, 0.25) is 5.91 Å². The number of nitrogens with zero attached hydrogens (tertiary/aromatic N) is 1. The van der Waals surface area contributed by atoms with E-state index in [2.05, 4.69) is 20.9 Å². The van der Waals surface area contributed by atoms with E-state index in [4.69, 9.17) is 13.9 Å². The molecule has 3 N–H and O–H groups in total. The second-order valence-electron chi connectivity index (χ2n) is 6.16. The Bertz CT molecular complexity index is 788. The van der Waals surface area contributed by atoms with Crippen LogP contribution in [0.5, 0.6) is 5.75 Å². The molecule has 2 rings (SSSR count). The second-order valence-corrected chi connectivity index (χ2v) is 6.16. The van der Waals surface area contributed by atoms with Crippen LogP contribution in [-0.2, 0) is 9.53 Å². The highest BCUT2D eigenvalue weighted by Gasteiger charge is 2.15. The third kappa shape index (κ3) is 6.16. The van der Waals surface area contributed by atoms with Crippen LogP contribution in [0.4, 0.5) is 0 Å². The molecule has 0 saturated carbocycles. The third-order valence-electron chi connectivity index (χ3n) is 3.96. The zero-order chi connectivity index (χ0) is 20.4. The van der Waals surface area contributed by atoms with Crippen molar-refractivity contribution < 1.29 is 18.7 Å². The van der Waals surface area contributed by atoms with Crippen LogP contribution in [-0.4, -0.2) is 51.8 Å². The Morgan fingerprint density at radius 3 is 2.82 bits per heavy atom. The topological polar surface area (TPSA) is 97.1 Å². The molecule has 1 unspecified atom stereocenters. The predicted octanol–water partition coefficient (Wildman–Crippen LogP) is 2.21. The van der Waals surface area contributed by atoms with E-state index in [1.807, 2.05) is 45.0 Å². The monoisotopic (exact) mass is 390 g/mol. The van der Waals surface area contributed by atoms with E-state index in [9.17, 15) is 4.79 Å². The SMILES string of the molecule is CCNC(=NCC(=O)NCCOC)NC(C)c1cc2cccc(OCC)c2o1. The number of carbonyl (C=O) groups is 1. The zero-order valence-corrected chi connectivity index (χ0v) is 17.0. The molecule has 0 fully saturated rings. The molecular formula is C20H30N4O4. The summed E-state index contributed by atoms with van der Waals surface area (Å²) < 4.78 is 16.6. The number of guanidine groups is 1. The van der Waals surface area contributed by atoms with Gasteiger partial charge in [-0.1, -0.05) is 12.1 Å².